The number of rotatable bonds is 5. The number of hydrogen-bond acceptors (Lipinski definition) is 6. The Balaban J connectivity index is 2.34. The second-order valence-corrected chi connectivity index (χ2v) is 3.77. The largest absolute Gasteiger partial charge is 0.469 e. The van der Waals surface area contributed by atoms with Gasteiger partial charge in [-0.25, -0.2) is 9.97 Å². The number of carbonyl (C=O) groups is 1. The van der Waals surface area contributed by atoms with Crippen molar-refractivity contribution in [3.63, 3.8) is 0 Å². The second-order valence-electron chi connectivity index (χ2n) is 2.71. The molecule has 0 spiro atoms. The third-order valence-electron chi connectivity index (χ3n) is 1.63. The van der Waals surface area contributed by atoms with Gasteiger partial charge in [0.15, 0.2) is 5.16 Å². The van der Waals surface area contributed by atoms with Crippen molar-refractivity contribution < 1.29 is 14.6 Å². The number of esters is 1. The fourth-order valence-electron chi connectivity index (χ4n) is 0.827. The summed E-state index contributed by atoms with van der Waals surface area (Å²) in [5.41, 5.74) is 0.673. The molecule has 0 bridgehead atoms. The molecule has 1 aromatic heterocycles. The average Bonchev–Trinajstić information content (AvgIpc) is 2.29. The molecule has 1 heterocycles. The summed E-state index contributed by atoms with van der Waals surface area (Å²) in [7, 11) is 1.36. The minimum atomic E-state index is -0.241. The van der Waals surface area contributed by atoms with Crippen molar-refractivity contribution in [1.82, 2.24) is 9.97 Å². The first kappa shape index (κ1) is 11.9. The van der Waals surface area contributed by atoms with E-state index in [1.54, 1.807) is 12.4 Å². The number of aromatic nitrogens is 2. The zero-order valence-corrected chi connectivity index (χ0v) is 9.16. The fourth-order valence-corrected chi connectivity index (χ4v) is 1.53. The van der Waals surface area contributed by atoms with Gasteiger partial charge in [-0.05, 0) is 0 Å². The predicted molar refractivity (Wildman–Crippen MR) is 55.3 cm³/mol. The first-order valence-corrected chi connectivity index (χ1v) is 5.36. The summed E-state index contributed by atoms with van der Waals surface area (Å²) in [6.45, 7) is -0.0624. The Morgan fingerprint density at radius 2 is 2.20 bits per heavy atom. The molecular formula is C9H12N2O3S. The topological polar surface area (TPSA) is 72.3 Å². The van der Waals surface area contributed by atoms with Gasteiger partial charge in [-0.3, -0.25) is 4.79 Å². The van der Waals surface area contributed by atoms with E-state index in [9.17, 15) is 4.79 Å². The highest BCUT2D eigenvalue weighted by molar-refractivity contribution is 7.99. The molecule has 0 aliphatic rings. The zero-order chi connectivity index (χ0) is 11.1. The molecular weight excluding hydrogens is 216 g/mol. The van der Waals surface area contributed by atoms with E-state index in [2.05, 4.69) is 14.7 Å². The molecule has 15 heavy (non-hydrogen) atoms. The van der Waals surface area contributed by atoms with Crippen LogP contribution < -0.4 is 0 Å². The van der Waals surface area contributed by atoms with Crippen molar-refractivity contribution in [3.05, 3.63) is 18.0 Å². The maximum absolute atomic E-state index is 10.8. The predicted octanol–water partition coefficient (Wildman–Crippen LogP) is 0.624. The molecule has 0 saturated carbocycles. The van der Waals surface area contributed by atoms with Crippen LogP contribution >= 0.6 is 11.8 Å². The van der Waals surface area contributed by atoms with Gasteiger partial charge in [-0.1, -0.05) is 11.8 Å². The second kappa shape index (κ2) is 6.36. The van der Waals surface area contributed by atoms with E-state index in [0.29, 0.717) is 22.9 Å². The number of aliphatic hydroxyl groups excluding tert-OH is 1. The van der Waals surface area contributed by atoms with E-state index in [1.165, 1.54) is 18.9 Å². The minimum Gasteiger partial charge on any atom is -0.469 e. The van der Waals surface area contributed by atoms with Crippen LogP contribution in [0.1, 0.15) is 12.0 Å². The summed E-state index contributed by atoms with van der Waals surface area (Å²) in [4.78, 5) is 18.8. The average molecular weight is 228 g/mol. The number of thioether (sulfide) groups is 1. The van der Waals surface area contributed by atoms with Gasteiger partial charge in [0.1, 0.15) is 0 Å². The number of hydrogen-bond donors (Lipinski definition) is 1. The molecule has 6 heteroatoms. The van der Waals surface area contributed by atoms with Crippen LogP contribution in [0.15, 0.2) is 17.6 Å². The zero-order valence-electron chi connectivity index (χ0n) is 8.34. The molecule has 0 aliphatic heterocycles. The summed E-state index contributed by atoms with van der Waals surface area (Å²) >= 11 is 1.38. The van der Waals surface area contributed by atoms with Crippen molar-refractivity contribution in [2.24, 2.45) is 0 Å². The van der Waals surface area contributed by atoms with Crippen LogP contribution in [0.3, 0.4) is 0 Å². The quantitative estimate of drug-likeness (QED) is 0.452. The molecule has 5 nitrogen and oxygen atoms in total. The molecule has 0 fully saturated rings. The lowest BCUT2D eigenvalue weighted by Gasteiger charge is -2.00. The Labute approximate surface area is 91.9 Å². The molecule has 0 atom stereocenters. The van der Waals surface area contributed by atoms with Crippen LogP contribution in [0.25, 0.3) is 0 Å². The lowest BCUT2D eigenvalue weighted by molar-refractivity contribution is -0.140. The maximum Gasteiger partial charge on any atom is 0.306 e. The molecule has 0 aromatic carbocycles. The molecule has 0 amide bonds. The number of methoxy groups -OCH3 is 1. The summed E-state index contributed by atoms with van der Waals surface area (Å²) in [5, 5.41) is 9.35. The molecule has 82 valence electrons. The van der Waals surface area contributed by atoms with Crippen molar-refractivity contribution in [1.29, 1.82) is 0 Å². The molecule has 1 N–H and O–H groups in total. The van der Waals surface area contributed by atoms with Crippen molar-refractivity contribution >= 4 is 17.7 Å². The Morgan fingerprint density at radius 3 is 2.73 bits per heavy atom. The normalized spacial score (nSPS) is 10.0. The van der Waals surface area contributed by atoms with Gasteiger partial charge in [0.2, 0.25) is 0 Å². The third-order valence-corrected chi connectivity index (χ3v) is 2.51. The summed E-state index contributed by atoms with van der Waals surface area (Å²) in [6, 6.07) is 0. The molecule has 1 aromatic rings. The van der Waals surface area contributed by atoms with E-state index >= 15 is 0 Å². The van der Waals surface area contributed by atoms with E-state index in [1.807, 2.05) is 0 Å². The van der Waals surface area contributed by atoms with Crippen LogP contribution in [0, 0.1) is 0 Å². The van der Waals surface area contributed by atoms with E-state index in [4.69, 9.17) is 5.11 Å². The van der Waals surface area contributed by atoms with Gasteiger partial charge in [-0.2, -0.15) is 0 Å². The highest BCUT2D eigenvalue weighted by Crippen LogP contribution is 2.13. The first-order valence-electron chi connectivity index (χ1n) is 4.37. The third kappa shape index (κ3) is 4.26. The molecule has 0 unspecified atom stereocenters. The Morgan fingerprint density at radius 1 is 1.53 bits per heavy atom. The van der Waals surface area contributed by atoms with Gasteiger partial charge in [0, 0.05) is 23.7 Å². The smallest absolute Gasteiger partial charge is 0.306 e. The summed E-state index contributed by atoms with van der Waals surface area (Å²) in [5.74, 6) is 0.347. The number of aliphatic hydroxyl groups is 1. The molecule has 1 rings (SSSR count). The molecule has 0 aliphatic carbocycles. The summed E-state index contributed by atoms with van der Waals surface area (Å²) in [6.07, 6.45) is 3.47. The summed E-state index contributed by atoms with van der Waals surface area (Å²) < 4.78 is 4.50. The maximum atomic E-state index is 10.8. The molecule has 0 radical (unpaired) electrons. The highest BCUT2D eigenvalue weighted by Gasteiger charge is 2.02. The lowest BCUT2D eigenvalue weighted by atomic mass is 10.4. The van der Waals surface area contributed by atoms with Crippen LogP contribution in [0.4, 0.5) is 0 Å². The monoisotopic (exact) mass is 228 g/mol. The SMILES string of the molecule is COC(=O)CCSc1ncc(CO)cn1. The fraction of sp³-hybridized carbons (Fsp3) is 0.444. The van der Waals surface area contributed by atoms with Gasteiger partial charge < -0.3 is 9.84 Å². The van der Waals surface area contributed by atoms with Crippen molar-refractivity contribution in [2.75, 3.05) is 12.9 Å². The first-order chi connectivity index (χ1) is 7.26. The Bertz CT molecular complexity index is 316. The number of nitrogens with zero attached hydrogens (tertiary/aromatic N) is 2. The van der Waals surface area contributed by atoms with Gasteiger partial charge in [-0.15, -0.1) is 0 Å². The number of carbonyl (C=O) groups excluding carboxylic acids is 1. The Kier molecular flexibility index (Phi) is 5.06. The van der Waals surface area contributed by atoms with Crippen molar-refractivity contribution in [3.8, 4) is 0 Å². The van der Waals surface area contributed by atoms with Gasteiger partial charge >= 0.3 is 5.97 Å². The van der Waals surface area contributed by atoms with E-state index < -0.39 is 0 Å². The molecule has 0 saturated heterocycles. The number of ether oxygens (including phenoxy) is 1. The lowest BCUT2D eigenvalue weighted by Crippen LogP contribution is -2.01. The van der Waals surface area contributed by atoms with E-state index in [0.717, 1.165) is 0 Å². The van der Waals surface area contributed by atoms with Crippen molar-refractivity contribution in [2.45, 2.75) is 18.2 Å². The van der Waals surface area contributed by atoms with Gasteiger partial charge in [0.25, 0.3) is 0 Å². The van der Waals surface area contributed by atoms with Crippen LogP contribution in [0.5, 0.6) is 0 Å². The van der Waals surface area contributed by atoms with Crippen LogP contribution in [0.2, 0.25) is 0 Å². The van der Waals surface area contributed by atoms with E-state index in [-0.39, 0.29) is 12.6 Å². The van der Waals surface area contributed by atoms with Crippen LogP contribution in [-0.2, 0) is 16.1 Å². The Hall–Kier alpha value is -1.14. The van der Waals surface area contributed by atoms with Crippen LogP contribution in [-0.4, -0.2) is 33.9 Å². The highest BCUT2D eigenvalue weighted by atomic mass is 32.2. The standard InChI is InChI=1S/C9H12N2O3S/c1-14-8(13)2-3-15-9-10-4-7(6-12)5-11-9/h4-5,12H,2-3,6H2,1H3. The minimum absolute atomic E-state index is 0.0624. The van der Waals surface area contributed by atoms with Gasteiger partial charge in [0.05, 0.1) is 20.1 Å².